The SMILES string of the molecule is CNC(=O)N1CCc2c(c(N3CCCc4cc(/C(C=N)=C/[NH2+]C)c(C(F)F)cc43)nn2C2CCNCC2)C1. The van der Waals surface area contributed by atoms with Crippen molar-refractivity contribution in [2.75, 3.05) is 45.2 Å². The van der Waals surface area contributed by atoms with Crippen LogP contribution in [-0.4, -0.2) is 67.2 Å². The predicted molar refractivity (Wildman–Crippen MR) is 143 cm³/mol. The molecule has 3 aliphatic heterocycles. The summed E-state index contributed by atoms with van der Waals surface area (Å²) in [4.78, 5) is 16.4. The smallest absolute Gasteiger partial charge is 0.317 e. The fraction of sp³-hybridized carbons (Fsp3) is 0.519. The number of alkyl halides is 2. The Morgan fingerprint density at radius 3 is 2.74 bits per heavy atom. The number of rotatable bonds is 6. The second kappa shape index (κ2) is 11.2. The number of nitrogens with zero attached hydrogens (tertiary/aromatic N) is 4. The van der Waals surface area contributed by atoms with Gasteiger partial charge in [0.1, 0.15) is 6.20 Å². The van der Waals surface area contributed by atoms with Gasteiger partial charge in [0.2, 0.25) is 0 Å². The van der Waals surface area contributed by atoms with Gasteiger partial charge in [-0.2, -0.15) is 5.10 Å². The summed E-state index contributed by atoms with van der Waals surface area (Å²) in [5.41, 5.74) is 4.68. The summed E-state index contributed by atoms with van der Waals surface area (Å²) in [6.45, 7) is 3.59. The minimum Gasteiger partial charge on any atom is -0.341 e. The highest BCUT2D eigenvalue weighted by Crippen LogP contribution is 2.42. The van der Waals surface area contributed by atoms with Crippen LogP contribution in [0.2, 0.25) is 0 Å². The summed E-state index contributed by atoms with van der Waals surface area (Å²) >= 11 is 0. The van der Waals surface area contributed by atoms with Gasteiger partial charge >= 0.3 is 6.03 Å². The normalized spacial score (nSPS) is 18.4. The Bertz CT molecular complexity index is 1230. The van der Waals surface area contributed by atoms with Crippen LogP contribution in [0.5, 0.6) is 0 Å². The average molecular weight is 528 g/mol. The molecule has 38 heavy (non-hydrogen) atoms. The maximum absolute atomic E-state index is 14.4. The van der Waals surface area contributed by atoms with Crippen LogP contribution in [0.3, 0.4) is 0 Å². The molecule has 1 aromatic heterocycles. The number of carbonyl (C=O) groups is 1. The zero-order valence-electron chi connectivity index (χ0n) is 22.1. The van der Waals surface area contributed by atoms with Gasteiger partial charge in [-0.1, -0.05) is 0 Å². The van der Waals surface area contributed by atoms with Crippen LogP contribution < -0.4 is 20.9 Å². The fourth-order valence-corrected chi connectivity index (χ4v) is 6.02. The maximum Gasteiger partial charge on any atom is 0.317 e. The largest absolute Gasteiger partial charge is 0.341 e. The number of hydrogen-bond acceptors (Lipinski definition) is 5. The number of benzene rings is 1. The van der Waals surface area contributed by atoms with E-state index >= 15 is 0 Å². The van der Waals surface area contributed by atoms with E-state index in [4.69, 9.17) is 10.5 Å². The molecular formula is C27H37F2N8O+. The summed E-state index contributed by atoms with van der Waals surface area (Å²) in [5.74, 6) is 0.769. The molecule has 0 spiro atoms. The van der Waals surface area contributed by atoms with Gasteiger partial charge in [0.15, 0.2) is 5.82 Å². The van der Waals surface area contributed by atoms with Gasteiger partial charge in [0, 0.05) is 55.3 Å². The van der Waals surface area contributed by atoms with Crippen LogP contribution in [0.4, 0.5) is 25.1 Å². The zero-order valence-corrected chi connectivity index (χ0v) is 22.1. The number of quaternary nitrogens is 1. The number of nitrogens with one attached hydrogen (secondary N) is 3. The van der Waals surface area contributed by atoms with Crippen LogP contribution in [-0.2, 0) is 19.4 Å². The lowest BCUT2D eigenvalue weighted by molar-refractivity contribution is -0.555. The molecule has 0 saturated carbocycles. The summed E-state index contributed by atoms with van der Waals surface area (Å²) in [7, 11) is 3.45. The van der Waals surface area contributed by atoms with Gasteiger partial charge in [0.05, 0.1) is 25.2 Å². The number of carbonyl (C=O) groups excluding carboxylic acids is 1. The number of amides is 2. The Hall–Kier alpha value is -3.31. The first kappa shape index (κ1) is 26.3. The third-order valence-electron chi connectivity index (χ3n) is 7.89. The number of nitrogens with two attached hydrogens (primary N) is 1. The van der Waals surface area contributed by atoms with E-state index in [2.05, 4.69) is 20.2 Å². The molecule has 0 radical (unpaired) electrons. The van der Waals surface area contributed by atoms with Crippen LogP contribution in [0.15, 0.2) is 18.3 Å². The number of urea groups is 1. The van der Waals surface area contributed by atoms with E-state index in [0.717, 1.165) is 73.3 Å². The van der Waals surface area contributed by atoms with Crippen molar-refractivity contribution in [3.8, 4) is 0 Å². The van der Waals surface area contributed by atoms with E-state index in [9.17, 15) is 13.6 Å². The molecule has 2 aromatic rings. The molecule has 11 heteroatoms. The van der Waals surface area contributed by atoms with Crippen molar-refractivity contribution in [1.82, 2.24) is 25.3 Å². The second-order valence-electron chi connectivity index (χ2n) is 10.1. The van der Waals surface area contributed by atoms with Crippen molar-refractivity contribution in [1.29, 1.82) is 5.41 Å². The third-order valence-corrected chi connectivity index (χ3v) is 7.89. The van der Waals surface area contributed by atoms with Crippen LogP contribution in [0, 0.1) is 5.41 Å². The topological polar surface area (TPSA) is 106 Å². The van der Waals surface area contributed by atoms with E-state index in [1.54, 1.807) is 29.5 Å². The van der Waals surface area contributed by atoms with Crippen molar-refractivity contribution >= 4 is 29.3 Å². The van der Waals surface area contributed by atoms with E-state index < -0.39 is 6.43 Å². The molecule has 0 aliphatic carbocycles. The highest BCUT2D eigenvalue weighted by Gasteiger charge is 2.34. The second-order valence-corrected chi connectivity index (χ2v) is 10.1. The van der Waals surface area contributed by atoms with Crippen molar-refractivity contribution in [2.45, 2.75) is 51.1 Å². The molecule has 5 rings (SSSR count). The quantitative estimate of drug-likeness (QED) is 0.434. The first-order valence-corrected chi connectivity index (χ1v) is 13.5. The molecule has 2 amide bonds. The van der Waals surface area contributed by atoms with Gasteiger partial charge in [-0.05, 0) is 62.0 Å². The van der Waals surface area contributed by atoms with Crippen molar-refractivity contribution in [3.05, 3.63) is 46.3 Å². The Labute approximate surface area is 221 Å². The van der Waals surface area contributed by atoms with Crippen molar-refractivity contribution < 1.29 is 18.9 Å². The Morgan fingerprint density at radius 1 is 1.26 bits per heavy atom. The number of allylic oxidation sites excluding steroid dienone is 1. The lowest BCUT2D eigenvalue weighted by atomic mass is 9.92. The summed E-state index contributed by atoms with van der Waals surface area (Å²) in [6, 6.07) is 3.57. The number of fused-ring (bicyclic) bond motifs is 2. The Morgan fingerprint density at radius 2 is 2.05 bits per heavy atom. The van der Waals surface area contributed by atoms with Crippen molar-refractivity contribution in [3.63, 3.8) is 0 Å². The summed E-state index contributed by atoms with van der Waals surface area (Å²) < 4.78 is 30.9. The lowest BCUT2D eigenvalue weighted by Gasteiger charge is -2.33. The fourth-order valence-electron chi connectivity index (χ4n) is 6.02. The summed E-state index contributed by atoms with van der Waals surface area (Å²) in [6.07, 6.45) is 4.46. The number of anilines is 2. The van der Waals surface area contributed by atoms with Crippen LogP contribution >= 0.6 is 0 Å². The highest BCUT2D eigenvalue weighted by atomic mass is 19.3. The molecule has 4 heterocycles. The average Bonchev–Trinajstić information content (AvgIpc) is 3.33. The molecule has 0 unspecified atom stereocenters. The molecule has 1 aromatic carbocycles. The predicted octanol–water partition coefficient (Wildman–Crippen LogP) is 2.71. The summed E-state index contributed by atoms with van der Waals surface area (Å²) in [5, 5.41) is 20.9. The molecule has 1 fully saturated rings. The van der Waals surface area contributed by atoms with E-state index in [1.165, 1.54) is 0 Å². The van der Waals surface area contributed by atoms with Gasteiger partial charge in [0.25, 0.3) is 6.43 Å². The molecule has 0 bridgehead atoms. The van der Waals surface area contributed by atoms with E-state index in [-0.39, 0.29) is 17.6 Å². The zero-order chi connectivity index (χ0) is 26.8. The molecule has 9 nitrogen and oxygen atoms in total. The Balaban J connectivity index is 1.63. The van der Waals surface area contributed by atoms with Gasteiger partial charge in [-0.15, -0.1) is 0 Å². The highest BCUT2D eigenvalue weighted by molar-refractivity contribution is 6.08. The van der Waals surface area contributed by atoms with Gasteiger partial charge in [-0.3, -0.25) is 4.68 Å². The van der Waals surface area contributed by atoms with Gasteiger partial charge in [-0.25, -0.2) is 13.6 Å². The standard InChI is InChI=1S/C27H36F2N8O/c1-31-15-18(14-30)20-12-17-4-3-10-36(24(17)13-21(20)25(28)29)26-22-16-35(27(38)32-2)11-7-23(22)37(34-26)19-5-8-33-9-6-19/h12-15,19,25,30-31,33H,3-11,16H2,1-2H3,(H,32,38)/p+1/b18-15+,30-14?. The number of aromatic nitrogens is 2. The molecular weight excluding hydrogens is 490 g/mol. The van der Waals surface area contributed by atoms with Crippen LogP contribution in [0.1, 0.15) is 59.7 Å². The molecule has 3 aliphatic rings. The first-order chi connectivity index (χ1) is 18.5. The number of hydrogen-bond donors (Lipinski definition) is 4. The van der Waals surface area contributed by atoms with Crippen LogP contribution in [0.25, 0.3) is 5.57 Å². The van der Waals surface area contributed by atoms with E-state index in [0.29, 0.717) is 37.2 Å². The number of piperidine rings is 1. The van der Waals surface area contributed by atoms with E-state index in [1.807, 2.05) is 13.1 Å². The minimum atomic E-state index is -2.68. The maximum atomic E-state index is 14.4. The van der Waals surface area contributed by atoms with Crippen molar-refractivity contribution in [2.24, 2.45) is 0 Å². The number of aryl methyl sites for hydroxylation is 1. The third kappa shape index (κ3) is 4.80. The molecule has 1 saturated heterocycles. The molecule has 5 N–H and O–H groups in total. The Kier molecular flexibility index (Phi) is 7.75. The number of halogens is 2. The molecule has 0 atom stereocenters. The molecule has 204 valence electrons. The monoisotopic (exact) mass is 527 g/mol. The first-order valence-electron chi connectivity index (χ1n) is 13.5. The lowest BCUT2D eigenvalue weighted by Crippen LogP contribution is -2.72. The minimum absolute atomic E-state index is 0.0779. The van der Waals surface area contributed by atoms with Gasteiger partial charge < -0.3 is 31.2 Å².